The van der Waals surface area contributed by atoms with Gasteiger partial charge >= 0.3 is 5.97 Å². The topological polar surface area (TPSA) is 52.6 Å². The molecule has 1 unspecified atom stereocenters. The van der Waals surface area contributed by atoms with Crippen molar-refractivity contribution in [2.45, 2.75) is 71.4 Å². The number of methoxy groups -OCH3 is 1. The lowest BCUT2D eigenvalue weighted by Crippen LogP contribution is -2.25. The molecule has 0 saturated carbocycles. The fourth-order valence-corrected chi connectivity index (χ4v) is 4.12. The third kappa shape index (κ3) is 7.97. The van der Waals surface area contributed by atoms with Gasteiger partial charge in [-0.2, -0.15) is 0 Å². The van der Waals surface area contributed by atoms with E-state index in [0.29, 0.717) is 19.3 Å². The molecule has 25 heavy (non-hydrogen) atoms. The number of carbonyl (C=O) groups excluding carboxylic acids is 2. The Bertz CT molecular complexity index is 586. The van der Waals surface area contributed by atoms with Gasteiger partial charge in [-0.15, -0.1) is 0 Å². The average Bonchev–Trinajstić information content (AvgIpc) is 2.78. The molecular formula is C20H32O4Si. The highest BCUT2D eigenvalue weighted by Crippen LogP contribution is 2.30. The first kappa shape index (κ1) is 21.6. The summed E-state index contributed by atoms with van der Waals surface area (Å²) >= 11 is 0. The summed E-state index contributed by atoms with van der Waals surface area (Å²) in [5.41, 5.74) is 0.604. The van der Waals surface area contributed by atoms with E-state index in [1.165, 1.54) is 18.4 Å². The monoisotopic (exact) mass is 364 g/mol. The molecule has 0 aromatic carbocycles. The van der Waals surface area contributed by atoms with Crippen LogP contribution in [0, 0.1) is 0 Å². The van der Waals surface area contributed by atoms with Gasteiger partial charge < -0.3 is 9.47 Å². The van der Waals surface area contributed by atoms with E-state index in [9.17, 15) is 9.59 Å². The molecule has 1 atom stereocenters. The minimum absolute atomic E-state index is 0.121. The molecule has 0 aromatic heterocycles. The van der Waals surface area contributed by atoms with E-state index in [1.54, 1.807) is 6.08 Å². The van der Waals surface area contributed by atoms with Crippen molar-refractivity contribution in [1.29, 1.82) is 0 Å². The van der Waals surface area contributed by atoms with Gasteiger partial charge in [0, 0.05) is 12.5 Å². The van der Waals surface area contributed by atoms with Crippen LogP contribution in [0.4, 0.5) is 0 Å². The Morgan fingerprint density at radius 3 is 2.48 bits per heavy atom. The number of ketones is 1. The molecule has 0 spiro atoms. The molecule has 4 nitrogen and oxygen atoms in total. The molecule has 1 aliphatic rings. The minimum atomic E-state index is -1.56. The van der Waals surface area contributed by atoms with Crippen LogP contribution in [0.25, 0.3) is 0 Å². The maximum Gasteiger partial charge on any atom is 0.330 e. The largest absolute Gasteiger partial charge is 0.466 e. The molecule has 1 rings (SSSR count). The first-order valence-corrected chi connectivity index (χ1v) is 12.3. The van der Waals surface area contributed by atoms with Gasteiger partial charge in [-0.3, -0.25) is 4.79 Å². The lowest BCUT2D eigenvalue weighted by Gasteiger charge is -2.23. The highest BCUT2D eigenvalue weighted by atomic mass is 28.3. The summed E-state index contributed by atoms with van der Waals surface area (Å²) in [5.74, 6) is -0.165. The van der Waals surface area contributed by atoms with Crippen LogP contribution in [0.5, 0.6) is 0 Å². The quantitative estimate of drug-likeness (QED) is 0.382. The third-order valence-electron chi connectivity index (χ3n) is 3.94. The molecule has 0 aliphatic heterocycles. The molecule has 0 bridgehead atoms. The highest BCUT2D eigenvalue weighted by molar-refractivity contribution is 6.83. The standard InChI is InChI=1S/C20H32O4Si/c1-20(2,3)24-16-12-15(18(21)14-16)13-17(25(5,6)7)10-8-9-11-19(22)23-4/h9-12,16H,8,13-14H2,1-7H3. The van der Waals surface area contributed by atoms with Gasteiger partial charge in [-0.1, -0.05) is 37.0 Å². The lowest BCUT2D eigenvalue weighted by atomic mass is 10.1. The van der Waals surface area contributed by atoms with Crippen molar-refractivity contribution in [2.24, 2.45) is 0 Å². The summed E-state index contributed by atoms with van der Waals surface area (Å²) in [6.07, 6.45) is 9.04. The zero-order chi connectivity index (χ0) is 19.3. The zero-order valence-electron chi connectivity index (χ0n) is 16.6. The van der Waals surface area contributed by atoms with Gasteiger partial charge in [0.05, 0.1) is 26.9 Å². The van der Waals surface area contributed by atoms with Crippen molar-refractivity contribution >= 4 is 19.8 Å². The third-order valence-corrected chi connectivity index (χ3v) is 6.24. The number of Topliss-reactive ketones (excluding diaryl/α,β-unsaturated/α-hetero) is 1. The predicted molar refractivity (Wildman–Crippen MR) is 104 cm³/mol. The minimum Gasteiger partial charge on any atom is -0.466 e. The van der Waals surface area contributed by atoms with Crippen LogP contribution in [0.3, 0.4) is 0 Å². The van der Waals surface area contributed by atoms with Crippen molar-refractivity contribution in [2.75, 3.05) is 7.11 Å². The molecule has 5 heteroatoms. The first-order chi connectivity index (χ1) is 11.4. The smallest absolute Gasteiger partial charge is 0.330 e. The Morgan fingerprint density at radius 2 is 1.96 bits per heavy atom. The Hall–Kier alpha value is -1.46. The van der Waals surface area contributed by atoms with Crippen LogP contribution in [0.1, 0.15) is 40.0 Å². The van der Waals surface area contributed by atoms with Crippen LogP contribution in [0.2, 0.25) is 19.6 Å². The van der Waals surface area contributed by atoms with Crippen LogP contribution in [-0.2, 0) is 19.1 Å². The second-order valence-electron chi connectivity index (χ2n) is 8.41. The first-order valence-electron chi connectivity index (χ1n) is 8.78. The SMILES string of the molecule is COC(=O)C=CCC=C(CC1=CC(OC(C)(C)C)CC1=O)[Si](C)(C)C. The zero-order valence-corrected chi connectivity index (χ0v) is 17.6. The summed E-state index contributed by atoms with van der Waals surface area (Å²) in [6.45, 7) is 12.8. The van der Waals surface area contributed by atoms with E-state index >= 15 is 0 Å². The van der Waals surface area contributed by atoms with Crippen LogP contribution >= 0.6 is 0 Å². The number of hydrogen-bond donors (Lipinski definition) is 0. The average molecular weight is 365 g/mol. The number of hydrogen-bond acceptors (Lipinski definition) is 4. The number of rotatable bonds is 7. The number of allylic oxidation sites excluding steroid dienone is 4. The van der Waals surface area contributed by atoms with Crippen LogP contribution < -0.4 is 0 Å². The van der Waals surface area contributed by atoms with Gasteiger partial charge in [-0.05, 0) is 45.3 Å². The Morgan fingerprint density at radius 1 is 1.32 bits per heavy atom. The molecule has 0 aromatic rings. The van der Waals surface area contributed by atoms with Gasteiger partial charge in [0.25, 0.3) is 0 Å². The molecular weight excluding hydrogens is 332 g/mol. The van der Waals surface area contributed by atoms with E-state index in [0.717, 1.165) is 5.57 Å². The van der Waals surface area contributed by atoms with Gasteiger partial charge in [0.2, 0.25) is 0 Å². The number of esters is 1. The van der Waals surface area contributed by atoms with Gasteiger partial charge in [-0.25, -0.2) is 4.79 Å². The molecule has 0 amide bonds. The maximum atomic E-state index is 12.4. The highest BCUT2D eigenvalue weighted by Gasteiger charge is 2.30. The van der Waals surface area contributed by atoms with Crippen molar-refractivity contribution in [3.05, 3.63) is 35.1 Å². The van der Waals surface area contributed by atoms with Crippen LogP contribution in [-0.4, -0.2) is 38.6 Å². The number of ether oxygens (including phenoxy) is 2. The van der Waals surface area contributed by atoms with Crippen LogP contribution in [0.15, 0.2) is 35.1 Å². The second kappa shape index (κ2) is 8.76. The molecule has 0 N–H and O–H groups in total. The van der Waals surface area contributed by atoms with E-state index < -0.39 is 8.07 Å². The summed E-state index contributed by atoms with van der Waals surface area (Å²) in [5, 5.41) is 1.32. The Kier molecular flexibility index (Phi) is 7.56. The van der Waals surface area contributed by atoms with Crippen molar-refractivity contribution in [3.63, 3.8) is 0 Å². The van der Waals surface area contributed by atoms with Crippen molar-refractivity contribution < 1.29 is 19.1 Å². The van der Waals surface area contributed by atoms with Gasteiger partial charge in [0.1, 0.15) is 0 Å². The molecule has 0 radical (unpaired) electrons. The Labute approximate surface area is 153 Å². The lowest BCUT2D eigenvalue weighted by molar-refractivity contribution is -0.134. The van der Waals surface area contributed by atoms with Gasteiger partial charge in [0.15, 0.2) is 5.78 Å². The van der Waals surface area contributed by atoms with E-state index in [4.69, 9.17) is 4.74 Å². The van der Waals surface area contributed by atoms with E-state index in [-0.39, 0.29) is 23.5 Å². The number of carbonyl (C=O) groups is 2. The summed E-state index contributed by atoms with van der Waals surface area (Å²) in [6, 6.07) is 0. The normalized spacial score (nSPS) is 19.5. The summed E-state index contributed by atoms with van der Waals surface area (Å²) in [7, 11) is -0.196. The maximum absolute atomic E-state index is 12.4. The fourth-order valence-electron chi connectivity index (χ4n) is 2.67. The Balaban J connectivity index is 2.85. The summed E-state index contributed by atoms with van der Waals surface area (Å²) in [4.78, 5) is 23.5. The van der Waals surface area contributed by atoms with Crippen molar-refractivity contribution in [3.8, 4) is 0 Å². The molecule has 0 heterocycles. The predicted octanol–water partition coefficient (Wildman–Crippen LogP) is 4.38. The van der Waals surface area contributed by atoms with Crippen molar-refractivity contribution in [1.82, 2.24) is 0 Å². The molecule has 1 aliphatic carbocycles. The molecule has 140 valence electrons. The summed E-state index contributed by atoms with van der Waals surface area (Å²) < 4.78 is 10.5. The molecule has 0 saturated heterocycles. The van der Waals surface area contributed by atoms with E-state index in [2.05, 4.69) is 30.5 Å². The molecule has 0 fully saturated rings. The fraction of sp³-hybridized carbons (Fsp3) is 0.600. The second-order valence-corrected chi connectivity index (χ2v) is 13.5. The van der Waals surface area contributed by atoms with E-state index in [1.807, 2.05) is 26.8 Å².